The molecule has 0 aliphatic rings. The Balaban J connectivity index is 2.11. The fourth-order valence-electron chi connectivity index (χ4n) is 2.56. The molecule has 0 N–H and O–H groups in total. The summed E-state index contributed by atoms with van der Waals surface area (Å²) < 4.78 is 1.05. The van der Waals surface area contributed by atoms with Crippen LogP contribution in [0.1, 0.15) is 25.0 Å². The summed E-state index contributed by atoms with van der Waals surface area (Å²) in [5, 5.41) is 0. The van der Waals surface area contributed by atoms with E-state index in [4.69, 9.17) is 0 Å². The number of benzene rings is 2. The van der Waals surface area contributed by atoms with Crippen LogP contribution in [0.15, 0.2) is 70.7 Å². The Morgan fingerprint density at radius 3 is 2.36 bits per heavy atom. The lowest BCUT2D eigenvalue weighted by Crippen LogP contribution is -2.15. The molecular formula is C20H21BrO. The van der Waals surface area contributed by atoms with Crippen LogP contribution in [-0.4, -0.2) is 5.78 Å². The number of halogens is 1. The molecule has 0 radical (unpaired) electrons. The van der Waals surface area contributed by atoms with Crippen molar-refractivity contribution in [2.75, 3.05) is 0 Å². The zero-order chi connectivity index (χ0) is 15.9. The molecule has 0 saturated carbocycles. The van der Waals surface area contributed by atoms with Crippen molar-refractivity contribution >= 4 is 21.7 Å². The molecule has 0 aliphatic carbocycles. The largest absolute Gasteiger partial charge is 0.299 e. The van der Waals surface area contributed by atoms with Gasteiger partial charge >= 0.3 is 0 Å². The molecule has 0 unspecified atom stereocenters. The summed E-state index contributed by atoms with van der Waals surface area (Å²) in [4.78, 5) is 12.0. The average molecular weight is 357 g/mol. The van der Waals surface area contributed by atoms with Crippen molar-refractivity contribution in [3.05, 3.63) is 81.8 Å². The number of hydrogen-bond acceptors (Lipinski definition) is 1. The van der Waals surface area contributed by atoms with Gasteiger partial charge in [-0.2, -0.15) is 0 Å². The van der Waals surface area contributed by atoms with Crippen molar-refractivity contribution in [2.24, 2.45) is 5.92 Å². The molecule has 114 valence electrons. The molecule has 1 nitrogen and oxygen atoms in total. The van der Waals surface area contributed by atoms with Crippen molar-refractivity contribution in [1.29, 1.82) is 0 Å². The van der Waals surface area contributed by atoms with Crippen molar-refractivity contribution in [1.82, 2.24) is 0 Å². The van der Waals surface area contributed by atoms with Crippen molar-refractivity contribution in [3.8, 4) is 0 Å². The minimum Gasteiger partial charge on any atom is -0.299 e. The molecule has 0 amide bonds. The molecule has 2 rings (SSSR count). The predicted octanol–water partition coefficient (Wildman–Crippen LogP) is 5.39. The summed E-state index contributed by atoms with van der Waals surface area (Å²) in [5.74, 6) is 0.180. The first-order valence-electron chi connectivity index (χ1n) is 7.51. The topological polar surface area (TPSA) is 17.1 Å². The molecule has 0 bridgehead atoms. The lowest BCUT2D eigenvalue weighted by atomic mass is 9.88. The lowest BCUT2D eigenvalue weighted by Gasteiger charge is -2.15. The number of carbonyl (C=O) groups excluding carboxylic acids is 1. The van der Waals surface area contributed by atoms with Gasteiger partial charge in [-0.15, -0.1) is 0 Å². The Morgan fingerprint density at radius 2 is 1.73 bits per heavy atom. The van der Waals surface area contributed by atoms with Crippen LogP contribution in [0.5, 0.6) is 0 Å². The maximum Gasteiger partial charge on any atom is 0.137 e. The van der Waals surface area contributed by atoms with Crippen LogP contribution in [0, 0.1) is 5.92 Å². The molecule has 0 saturated heterocycles. The molecule has 2 aromatic carbocycles. The highest BCUT2D eigenvalue weighted by Crippen LogP contribution is 2.21. The summed E-state index contributed by atoms with van der Waals surface area (Å²) >= 11 is 3.49. The van der Waals surface area contributed by atoms with Crippen molar-refractivity contribution in [2.45, 2.75) is 26.7 Å². The van der Waals surface area contributed by atoms with Gasteiger partial charge in [0, 0.05) is 10.4 Å². The number of allylic oxidation sites excluding steroid dienone is 2. The number of hydrogen-bond donors (Lipinski definition) is 0. The van der Waals surface area contributed by atoms with E-state index in [2.05, 4.69) is 53.2 Å². The number of rotatable bonds is 6. The SMILES string of the molecule is CC(=O)[C@H](Cc1cccc(Br)c1)/C(C)=C/Cc1ccccc1. The van der Waals surface area contributed by atoms with Gasteiger partial charge in [-0.25, -0.2) is 0 Å². The van der Waals surface area contributed by atoms with Crippen LogP contribution < -0.4 is 0 Å². The summed E-state index contributed by atoms with van der Waals surface area (Å²) in [5.41, 5.74) is 3.60. The van der Waals surface area contributed by atoms with Crippen LogP contribution in [-0.2, 0) is 17.6 Å². The molecule has 2 aromatic rings. The maximum absolute atomic E-state index is 12.0. The van der Waals surface area contributed by atoms with Gasteiger partial charge in [0.1, 0.15) is 5.78 Å². The molecule has 0 aromatic heterocycles. The van der Waals surface area contributed by atoms with Gasteiger partial charge < -0.3 is 0 Å². The van der Waals surface area contributed by atoms with Crippen molar-refractivity contribution < 1.29 is 4.79 Å². The fourth-order valence-corrected chi connectivity index (χ4v) is 3.01. The third kappa shape index (κ3) is 4.96. The molecule has 1 atom stereocenters. The first kappa shape index (κ1) is 16.7. The van der Waals surface area contributed by atoms with Crippen LogP contribution in [0.25, 0.3) is 0 Å². The maximum atomic E-state index is 12.0. The first-order valence-corrected chi connectivity index (χ1v) is 8.31. The molecular weight excluding hydrogens is 336 g/mol. The van der Waals surface area contributed by atoms with E-state index in [1.54, 1.807) is 6.92 Å². The molecule has 0 aliphatic heterocycles. The number of ketones is 1. The molecule has 0 heterocycles. The van der Waals surface area contributed by atoms with E-state index >= 15 is 0 Å². The highest BCUT2D eigenvalue weighted by atomic mass is 79.9. The third-order valence-corrected chi connectivity index (χ3v) is 4.37. The quantitative estimate of drug-likeness (QED) is 0.634. The normalized spacial score (nSPS) is 13.0. The Bertz CT molecular complexity index is 658. The van der Waals surface area contributed by atoms with E-state index in [1.165, 1.54) is 11.1 Å². The Morgan fingerprint density at radius 1 is 1.05 bits per heavy atom. The van der Waals surface area contributed by atoms with Crippen LogP contribution in [0.2, 0.25) is 0 Å². The standard InChI is InChI=1S/C20H21BrO/c1-15(11-12-17-7-4-3-5-8-17)20(16(2)22)14-18-9-6-10-19(21)13-18/h3-11,13,20H,12,14H2,1-2H3/b15-11+/t20-/m1/s1. The summed E-state index contributed by atoms with van der Waals surface area (Å²) in [6.45, 7) is 3.75. The summed E-state index contributed by atoms with van der Waals surface area (Å²) in [7, 11) is 0. The van der Waals surface area contributed by atoms with Gasteiger partial charge in [0.15, 0.2) is 0 Å². The summed E-state index contributed by atoms with van der Waals surface area (Å²) in [6, 6.07) is 18.5. The van der Waals surface area contributed by atoms with E-state index in [9.17, 15) is 4.79 Å². The fraction of sp³-hybridized carbons (Fsp3) is 0.250. The average Bonchev–Trinajstić information content (AvgIpc) is 2.51. The Hall–Kier alpha value is -1.67. The van der Waals surface area contributed by atoms with Gasteiger partial charge in [0.05, 0.1) is 0 Å². The van der Waals surface area contributed by atoms with Gasteiger partial charge in [0.25, 0.3) is 0 Å². The second-order valence-corrected chi connectivity index (χ2v) is 6.55. The number of carbonyl (C=O) groups is 1. The third-order valence-electron chi connectivity index (χ3n) is 3.87. The van der Waals surface area contributed by atoms with E-state index < -0.39 is 0 Å². The monoisotopic (exact) mass is 356 g/mol. The van der Waals surface area contributed by atoms with Gasteiger partial charge in [-0.3, -0.25) is 4.79 Å². The van der Waals surface area contributed by atoms with Gasteiger partial charge in [-0.05, 0) is 49.9 Å². The Labute approximate surface area is 141 Å². The minimum absolute atomic E-state index is 0.0435. The minimum atomic E-state index is -0.0435. The van der Waals surface area contributed by atoms with Crippen LogP contribution in [0.4, 0.5) is 0 Å². The summed E-state index contributed by atoms with van der Waals surface area (Å²) in [6.07, 6.45) is 3.81. The van der Waals surface area contributed by atoms with E-state index in [1.807, 2.05) is 30.3 Å². The van der Waals surface area contributed by atoms with E-state index in [0.717, 1.165) is 22.9 Å². The molecule has 0 fully saturated rings. The second kappa shape index (κ2) is 8.09. The van der Waals surface area contributed by atoms with E-state index in [-0.39, 0.29) is 11.7 Å². The smallest absolute Gasteiger partial charge is 0.137 e. The zero-order valence-electron chi connectivity index (χ0n) is 13.1. The second-order valence-electron chi connectivity index (χ2n) is 5.64. The van der Waals surface area contributed by atoms with Crippen LogP contribution >= 0.6 is 15.9 Å². The lowest BCUT2D eigenvalue weighted by molar-refractivity contribution is -0.119. The molecule has 2 heteroatoms. The zero-order valence-corrected chi connectivity index (χ0v) is 14.6. The number of Topliss-reactive ketones (excluding diaryl/α,β-unsaturated/α-hetero) is 1. The highest BCUT2D eigenvalue weighted by Gasteiger charge is 2.16. The first-order chi connectivity index (χ1) is 10.6. The van der Waals surface area contributed by atoms with Crippen LogP contribution in [0.3, 0.4) is 0 Å². The highest BCUT2D eigenvalue weighted by molar-refractivity contribution is 9.10. The molecule has 0 spiro atoms. The Kier molecular flexibility index (Phi) is 6.14. The van der Waals surface area contributed by atoms with E-state index in [0.29, 0.717) is 0 Å². The van der Waals surface area contributed by atoms with Crippen molar-refractivity contribution in [3.63, 3.8) is 0 Å². The van der Waals surface area contributed by atoms with Gasteiger partial charge in [0.2, 0.25) is 0 Å². The van der Waals surface area contributed by atoms with Gasteiger partial charge in [-0.1, -0.05) is 70.0 Å². The predicted molar refractivity (Wildman–Crippen MR) is 95.9 cm³/mol. The molecule has 22 heavy (non-hydrogen) atoms.